The first-order valence-electron chi connectivity index (χ1n) is 10.8. The zero-order valence-corrected chi connectivity index (χ0v) is 21.4. The second-order valence-corrected chi connectivity index (χ2v) is 10.1. The lowest BCUT2D eigenvalue weighted by Gasteiger charge is -2.11. The van der Waals surface area contributed by atoms with Gasteiger partial charge in [-0.25, -0.2) is 4.99 Å². The van der Waals surface area contributed by atoms with Crippen molar-refractivity contribution in [2.75, 3.05) is 0 Å². The van der Waals surface area contributed by atoms with E-state index in [1.807, 2.05) is 67.6 Å². The molecule has 1 saturated heterocycles. The first-order valence-corrected chi connectivity index (χ1v) is 12.7. The fourth-order valence-corrected chi connectivity index (χ4v) is 5.20. The van der Waals surface area contributed by atoms with Crippen LogP contribution in [0, 0.1) is 10.5 Å². The van der Waals surface area contributed by atoms with Crippen LogP contribution in [0.4, 0.5) is 5.69 Å². The topological polar surface area (TPSA) is 50.7 Å². The molecule has 34 heavy (non-hydrogen) atoms. The molecule has 1 N–H and O–H groups in total. The van der Waals surface area contributed by atoms with Crippen molar-refractivity contribution in [3.05, 3.63) is 110 Å². The van der Waals surface area contributed by atoms with Gasteiger partial charge in [-0.05, 0) is 93.5 Å². The first kappa shape index (κ1) is 22.7. The third-order valence-corrected chi connectivity index (χ3v) is 7.19. The van der Waals surface area contributed by atoms with E-state index in [0.29, 0.717) is 16.7 Å². The number of nitrogens with one attached hydrogen (secondary N) is 1. The summed E-state index contributed by atoms with van der Waals surface area (Å²) in [6, 6.07) is 28.4. The molecule has 5 rings (SSSR count). The molecule has 4 nitrogen and oxygen atoms in total. The molecule has 0 atom stereocenters. The van der Waals surface area contributed by atoms with Crippen LogP contribution in [0.2, 0.25) is 0 Å². The number of thioether (sulfide) groups is 1. The zero-order valence-electron chi connectivity index (χ0n) is 18.4. The summed E-state index contributed by atoms with van der Waals surface area (Å²) in [7, 11) is 0. The van der Waals surface area contributed by atoms with Gasteiger partial charge in [0.1, 0.15) is 12.4 Å². The van der Waals surface area contributed by atoms with Gasteiger partial charge in [-0.3, -0.25) is 4.79 Å². The number of aryl methyl sites for hydroxylation is 1. The summed E-state index contributed by atoms with van der Waals surface area (Å²) < 4.78 is 7.13. The summed E-state index contributed by atoms with van der Waals surface area (Å²) in [5.74, 6) is 0.683. The Bertz CT molecular complexity index is 1440. The fraction of sp³-hybridized carbons (Fsp3) is 0.0714. The number of benzene rings is 4. The Hall–Kier alpha value is -3.10. The van der Waals surface area contributed by atoms with Gasteiger partial charge in [0.15, 0.2) is 5.17 Å². The first-order chi connectivity index (χ1) is 16.5. The van der Waals surface area contributed by atoms with Crippen LogP contribution in [0.25, 0.3) is 16.8 Å². The fourth-order valence-electron chi connectivity index (χ4n) is 3.67. The summed E-state index contributed by atoms with van der Waals surface area (Å²) in [5, 5.41) is 5.84. The average Bonchev–Trinajstić information content (AvgIpc) is 3.18. The molecule has 0 spiro atoms. The molecule has 0 aliphatic carbocycles. The van der Waals surface area contributed by atoms with E-state index in [9.17, 15) is 4.79 Å². The molecule has 6 heteroatoms. The molecule has 1 aliphatic rings. The molecular weight excluding hydrogens is 555 g/mol. The highest BCUT2D eigenvalue weighted by molar-refractivity contribution is 14.1. The summed E-state index contributed by atoms with van der Waals surface area (Å²) in [6.07, 6.45) is 1.88. The van der Waals surface area contributed by atoms with E-state index in [2.05, 4.69) is 63.2 Å². The second kappa shape index (κ2) is 10.0. The Morgan fingerprint density at radius 1 is 1.00 bits per heavy atom. The van der Waals surface area contributed by atoms with Crippen molar-refractivity contribution < 1.29 is 9.53 Å². The molecule has 0 radical (unpaired) electrons. The Labute approximate surface area is 216 Å². The number of nitrogens with zero attached hydrogens (tertiary/aromatic N) is 1. The highest BCUT2D eigenvalue weighted by Crippen LogP contribution is 2.30. The Kier molecular flexibility index (Phi) is 6.69. The summed E-state index contributed by atoms with van der Waals surface area (Å²) >= 11 is 3.62. The maximum Gasteiger partial charge on any atom is 0.264 e. The van der Waals surface area contributed by atoms with Gasteiger partial charge < -0.3 is 10.1 Å². The molecule has 1 heterocycles. The van der Waals surface area contributed by atoms with Crippen molar-refractivity contribution in [2.24, 2.45) is 4.99 Å². The number of halogens is 1. The van der Waals surface area contributed by atoms with E-state index >= 15 is 0 Å². The molecule has 168 valence electrons. The number of rotatable bonds is 5. The number of carbonyl (C=O) groups is 1. The minimum absolute atomic E-state index is 0.137. The number of aliphatic imine (C=N–C) groups is 1. The summed E-state index contributed by atoms with van der Waals surface area (Å²) in [6.45, 7) is 2.53. The monoisotopic (exact) mass is 576 g/mol. The van der Waals surface area contributed by atoms with Gasteiger partial charge >= 0.3 is 0 Å². The van der Waals surface area contributed by atoms with Crippen molar-refractivity contribution in [3.8, 4) is 5.75 Å². The van der Waals surface area contributed by atoms with Crippen LogP contribution in [0.3, 0.4) is 0 Å². The van der Waals surface area contributed by atoms with E-state index in [4.69, 9.17) is 4.74 Å². The maximum absolute atomic E-state index is 12.4. The Morgan fingerprint density at radius 2 is 1.79 bits per heavy atom. The van der Waals surface area contributed by atoms with Crippen LogP contribution in [0.5, 0.6) is 5.75 Å². The van der Waals surface area contributed by atoms with Gasteiger partial charge in [-0.2, -0.15) is 0 Å². The predicted octanol–water partition coefficient (Wildman–Crippen LogP) is 7.22. The SMILES string of the molecule is Cc1ccc(N=C2NC(=O)/C(=C\c3ccc(OCc4cccc5ccccc45)c(I)c3)S2)cc1. The number of ether oxygens (including phenoxy) is 1. The van der Waals surface area contributed by atoms with E-state index in [-0.39, 0.29) is 5.91 Å². The standard InChI is InChI=1S/C28H21IN2O2S/c1-18-9-12-22(13-10-18)30-28-31-27(32)26(34-28)16-19-11-14-25(24(29)15-19)33-17-21-7-4-6-20-5-2-3-8-23(20)21/h2-16H,17H2,1H3,(H,30,31,32)/b26-16+. The smallest absolute Gasteiger partial charge is 0.264 e. The zero-order chi connectivity index (χ0) is 23.5. The lowest BCUT2D eigenvalue weighted by Crippen LogP contribution is -2.19. The minimum atomic E-state index is -0.137. The molecule has 1 aliphatic heterocycles. The van der Waals surface area contributed by atoms with Crippen LogP contribution in [-0.2, 0) is 11.4 Å². The van der Waals surface area contributed by atoms with Crippen molar-refractivity contribution in [2.45, 2.75) is 13.5 Å². The van der Waals surface area contributed by atoms with Crippen LogP contribution in [-0.4, -0.2) is 11.1 Å². The van der Waals surface area contributed by atoms with Crippen LogP contribution in [0.15, 0.2) is 94.8 Å². The molecular formula is C28H21IN2O2S. The van der Waals surface area contributed by atoms with Crippen molar-refractivity contribution in [1.29, 1.82) is 0 Å². The normalized spacial score (nSPS) is 15.8. The highest BCUT2D eigenvalue weighted by atomic mass is 127. The molecule has 1 fully saturated rings. The Morgan fingerprint density at radius 3 is 2.62 bits per heavy atom. The maximum atomic E-state index is 12.4. The molecule has 0 saturated carbocycles. The number of carbonyl (C=O) groups excluding carboxylic acids is 1. The molecule has 1 amide bonds. The van der Waals surface area contributed by atoms with E-state index in [1.54, 1.807) is 0 Å². The second-order valence-electron chi connectivity index (χ2n) is 7.93. The molecule has 0 bridgehead atoms. The molecule has 4 aromatic rings. The largest absolute Gasteiger partial charge is 0.488 e. The quantitative estimate of drug-likeness (QED) is 0.202. The van der Waals surface area contributed by atoms with E-state index in [0.717, 1.165) is 26.1 Å². The number of hydrogen-bond acceptors (Lipinski definition) is 4. The number of fused-ring (bicyclic) bond motifs is 1. The van der Waals surface area contributed by atoms with Crippen molar-refractivity contribution in [1.82, 2.24) is 5.32 Å². The molecule has 4 aromatic carbocycles. The average molecular weight is 576 g/mol. The van der Waals surface area contributed by atoms with Crippen molar-refractivity contribution >= 4 is 68.0 Å². The van der Waals surface area contributed by atoms with Gasteiger partial charge in [0, 0.05) is 0 Å². The Balaban J connectivity index is 1.29. The van der Waals surface area contributed by atoms with Gasteiger partial charge in [-0.15, -0.1) is 0 Å². The third kappa shape index (κ3) is 5.18. The highest BCUT2D eigenvalue weighted by Gasteiger charge is 2.23. The third-order valence-electron chi connectivity index (χ3n) is 5.43. The number of hydrogen-bond donors (Lipinski definition) is 1. The molecule has 0 aromatic heterocycles. The van der Waals surface area contributed by atoms with Crippen LogP contribution in [0.1, 0.15) is 16.7 Å². The predicted molar refractivity (Wildman–Crippen MR) is 149 cm³/mol. The van der Waals surface area contributed by atoms with Gasteiger partial charge in [0.05, 0.1) is 14.2 Å². The van der Waals surface area contributed by atoms with E-state index in [1.165, 1.54) is 28.1 Å². The number of amidine groups is 1. The van der Waals surface area contributed by atoms with Crippen molar-refractivity contribution in [3.63, 3.8) is 0 Å². The van der Waals surface area contributed by atoms with Gasteiger partial charge in [-0.1, -0.05) is 66.2 Å². The lowest BCUT2D eigenvalue weighted by molar-refractivity contribution is -0.115. The number of amides is 1. The van der Waals surface area contributed by atoms with Gasteiger partial charge in [0.2, 0.25) is 0 Å². The van der Waals surface area contributed by atoms with Crippen LogP contribution >= 0.6 is 34.4 Å². The van der Waals surface area contributed by atoms with Gasteiger partial charge in [0.25, 0.3) is 5.91 Å². The molecule has 0 unspecified atom stereocenters. The van der Waals surface area contributed by atoms with E-state index < -0.39 is 0 Å². The van der Waals surface area contributed by atoms with Crippen LogP contribution < -0.4 is 10.1 Å². The minimum Gasteiger partial charge on any atom is -0.488 e. The summed E-state index contributed by atoms with van der Waals surface area (Å²) in [4.78, 5) is 17.6. The lowest BCUT2D eigenvalue weighted by atomic mass is 10.1. The summed E-state index contributed by atoms with van der Waals surface area (Å²) in [5.41, 5.74) is 4.08.